The highest BCUT2D eigenvalue weighted by atomic mass is 19.4. The molecule has 0 radical (unpaired) electrons. The fourth-order valence-corrected chi connectivity index (χ4v) is 2.83. The number of halogens is 3. The first kappa shape index (κ1) is 18.7. The summed E-state index contributed by atoms with van der Waals surface area (Å²) in [6.45, 7) is 10.2. The van der Waals surface area contributed by atoms with Crippen molar-refractivity contribution in [1.82, 2.24) is 15.1 Å². The summed E-state index contributed by atoms with van der Waals surface area (Å²) in [5.74, 6) is 0.621. The average Bonchev–Trinajstić information content (AvgIpc) is 2.36. The van der Waals surface area contributed by atoms with E-state index in [1.807, 2.05) is 0 Å². The van der Waals surface area contributed by atoms with Gasteiger partial charge in [-0.25, -0.2) is 0 Å². The Balaban J connectivity index is 2.36. The van der Waals surface area contributed by atoms with E-state index in [1.165, 1.54) is 4.90 Å². The van der Waals surface area contributed by atoms with E-state index in [2.05, 4.69) is 31.0 Å². The van der Waals surface area contributed by atoms with Crippen LogP contribution in [0.2, 0.25) is 0 Å². The van der Waals surface area contributed by atoms with Crippen molar-refractivity contribution in [3.8, 4) is 0 Å². The van der Waals surface area contributed by atoms with Gasteiger partial charge < -0.3 is 5.32 Å². The van der Waals surface area contributed by atoms with E-state index in [9.17, 15) is 13.2 Å². The van der Waals surface area contributed by atoms with Crippen LogP contribution in [-0.2, 0) is 0 Å². The normalized spacial score (nSPS) is 20.1. The van der Waals surface area contributed by atoms with Gasteiger partial charge >= 0.3 is 6.18 Å². The Hall–Kier alpha value is -0.330. The number of hydrogen-bond acceptors (Lipinski definition) is 3. The predicted molar refractivity (Wildman–Crippen MR) is 80.5 cm³/mol. The van der Waals surface area contributed by atoms with Crippen LogP contribution >= 0.6 is 0 Å². The van der Waals surface area contributed by atoms with Crippen LogP contribution < -0.4 is 5.32 Å². The molecular formula is C15H30F3N3. The number of rotatable bonds is 8. The van der Waals surface area contributed by atoms with E-state index in [4.69, 9.17) is 0 Å². The second-order valence-electron chi connectivity index (χ2n) is 6.42. The molecule has 21 heavy (non-hydrogen) atoms. The van der Waals surface area contributed by atoms with E-state index < -0.39 is 12.7 Å². The molecule has 0 aromatic carbocycles. The van der Waals surface area contributed by atoms with Gasteiger partial charge in [-0.05, 0) is 18.9 Å². The Morgan fingerprint density at radius 3 is 2.14 bits per heavy atom. The molecule has 126 valence electrons. The lowest BCUT2D eigenvalue weighted by Gasteiger charge is -2.39. The summed E-state index contributed by atoms with van der Waals surface area (Å²) in [5, 5.41) is 3.48. The van der Waals surface area contributed by atoms with Crippen molar-refractivity contribution < 1.29 is 13.2 Å². The lowest BCUT2D eigenvalue weighted by atomic mass is 10.1. The molecule has 0 amide bonds. The monoisotopic (exact) mass is 309 g/mol. The highest BCUT2D eigenvalue weighted by molar-refractivity contribution is 4.81. The van der Waals surface area contributed by atoms with Crippen molar-refractivity contribution in [2.45, 2.75) is 45.8 Å². The summed E-state index contributed by atoms with van der Waals surface area (Å²) in [6, 6.07) is 0.446. The van der Waals surface area contributed by atoms with Crippen LogP contribution in [0.3, 0.4) is 0 Å². The molecular weight excluding hydrogens is 279 g/mol. The largest absolute Gasteiger partial charge is 0.401 e. The van der Waals surface area contributed by atoms with E-state index >= 15 is 0 Å². The van der Waals surface area contributed by atoms with Crippen molar-refractivity contribution in [1.29, 1.82) is 0 Å². The maximum Gasteiger partial charge on any atom is 0.401 e. The van der Waals surface area contributed by atoms with Crippen LogP contribution in [0.4, 0.5) is 13.2 Å². The molecule has 1 unspecified atom stereocenters. The molecule has 1 saturated heterocycles. The third-order valence-corrected chi connectivity index (χ3v) is 3.88. The summed E-state index contributed by atoms with van der Waals surface area (Å²) in [6.07, 6.45) is -1.87. The maximum atomic E-state index is 12.4. The molecule has 3 nitrogen and oxygen atoms in total. The summed E-state index contributed by atoms with van der Waals surface area (Å²) < 4.78 is 37.2. The third-order valence-electron chi connectivity index (χ3n) is 3.88. The molecule has 1 fully saturated rings. The quantitative estimate of drug-likeness (QED) is 0.743. The SMILES string of the molecule is CCCC(CNCC(C)C)N1CCN(CC(F)(F)F)CC1. The van der Waals surface area contributed by atoms with Gasteiger partial charge in [-0.2, -0.15) is 13.2 Å². The van der Waals surface area contributed by atoms with Gasteiger partial charge in [0.15, 0.2) is 0 Å². The summed E-state index contributed by atoms with van der Waals surface area (Å²) >= 11 is 0. The summed E-state index contributed by atoms with van der Waals surface area (Å²) in [4.78, 5) is 3.87. The van der Waals surface area contributed by atoms with E-state index in [0.717, 1.165) is 39.0 Å². The number of piperazine rings is 1. The molecule has 0 saturated carbocycles. The zero-order chi connectivity index (χ0) is 15.9. The number of alkyl halides is 3. The number of nitrogens with zero attached hydrogens (tertiary/aromatic N) is 2. The van der Waals surface area contributed by atoms with Gasteiger partial charge in [0.05, 0.1) is 6.54 Å². The minimum atomic E-state index is -4.08. The molecule has 0 aromatic heterocycles. The molecule has 0 spiro atoms. The Bertz CT molecular complexity index is 274. The average molecular weight is 309 g/mol. The van der Waals surface area contributed by atoms with Crippen molar-refractivity contribution in [2.75, 3.05) is 45.8 Å². The van der Waals surface area contributed by atoms with Gasteiger partial charge in [-0.1, -0.05) is 27.2 Å². The lowest BCUT2D eigenvalue weighted by molar-refractivity contribution is -0.149. The van der Waals surface area contributed by atoms with Gasteiger partial charge in [-0.3, -0.25) is 9.80 Å². The van der Waals surface area contributed by atoms with E-state index in [-0.39, 0.29) is 0 Å². The van der Waals surface area contributed by atoms with Crippen molar-refractivity contribution >= 4 is 0 Å². The molecule has 1 rings (SSSR count). The van der Waals surface area contributed by atoms with Crippen LogP contribution in [0.5, 0.6) is 0 Å². The summed E-state index contributed by atoms with van der Waals surface area (Å²) in [7, 11) is 0. The van der Waals surface area contributed by atoms with Gasteiger partial charge in [0.2, 0.25) is 0 Å². The fourth-order valence-electron chi connectivity index (χ4n) is 2.83. The smallest absolute Gasteiger partial charge is 0.315 e. The van der Waals surface area contributed by atoms with E-state index in [1.54, 1.807) is 0 Å². The second kappa shape index (κ2) is 8.96. The zero-order valence-corrected chi connectivity index (χ0v) is 13.5. The lowest BCUT2D eigenvalue weighted by Crippen LogP contribution is -2.54. The molecule has 6 heteroatoms. The molecule has 0 bridgehead atoms. The second-order valence-corrected chi connectivity index (χ2v) is 6.42. The third kappa shape index (κ3) is 8.02. The molecule has 1 heterocycles. The molecule has 0 aliphatic carbocycles. The van der Waals surface area contributed by atoms with Crippen LogP contribution in [0, 0.1) is 5.92 Å². The van der Waals surface area contributed by atoms with E-state index in [0.29, 0.717) is 25.0 Å². The minimum Gasteiger partial charge on any atom is -0.315 e. The first-order chi connectivity index (χ1) is 9.81. The highest BCUT2D eigenvalue weighted by Gasteiger charge is 2.33. The van der Waals surface area contributed by atoms with Crippen molar-refractivity contribution in [3.05, 3.63) is 0 Å². The molecule has 1 N–H and O–H groups in total. The van der Waals surface area contributed by atoms with Gasteiger partial charge in [0.25, 0.3) is 0 Å². The van der Waals surface area contributed by atoms with Gasteiger partial charge in [-0.15, -0.1) is 0 Å². The number of hydrogen-bond donors (Lipinski definition) is 1. The molecule has 1 aliphatic rings. The maximum absolute atomic E-state index is 12.4. The van der Waals surface area contributed by atoms with Gasteiger partial charge in [0.1, 0.15) is 0 Å². The van der Waals surface area contributed by atoms with Crippen molar-refractivity contribution in [3.63, 3.8) is 0 Å². The fraction of sp³-hybridized carbons (Fsp3) is 1.00. The van der Waals surface area contributed by atoms with Crippen LogP contribution in [0.25, 0.3) is 0 Å². The first-order valence-corrected chi connectivity index (χ1v) is 8.05. The van der Waals surface area contributed by atoms with Crippen LogP contribution in [0.15, 0.2) is 0 Å². The van der Waals surface area contributed by atoms with Gasteiger partial charge in [0, 0.05) is 38.8 Å². The molecule has 0 aromatic rings. The Morgan fingerprint density at radius 1 is 1.05 bits per heavy atom. The number of nitrogens with one attached hydrogen (secondary N) is 1. The highest BCUT2D eigenvalue weighted by Crippen LogP contribution is 2.18. The van der Waals surface area contributed by atoms with Crippen LogP contribution in [-0.4, -0.2) is 67.8 Å². The standard InChI is InChI=1S/C15H30F3N3/c1-4-5-14(11-19-10-13(2)3)21-8-6-20(7-9-21)12-15(16,17)18/h13-14,19H,4-12H2,1-3H3. The predicted octanol–water partition coefficient (Wildman–Crippen LogP) is 2.58. The molecule has 1 atom stereocenters. The summed E-state index contributed by atoms with van der Waals surface area (Å²) in [5.41, 5.74) is 0. The minimum absolute atomic E-state index is 0.446. The Labute approximate surface area is 126 Å². The first-order valence-electron chi connectivity index (χ1n) is 8.05. The Morgan fingerprint density at radius 2 is 1.67 bits per heavy atom. The Kier molecular flexibility index (Phi) is 7.98. The van der Waals surface area contributed by atoms with Crippen LogP contribution in [0.1, 0.15) is 33.6 Å². The topological polar surface area (TPSA) is 18.5 Å². The molecule has 1 aliphatic heterocycles. The zero-order valence-electron chi connectivity index (χ0n) is 13.5. The van der Waals surface area contributed by atoms with Crippen molar-refractivity contribution in [2.24, 2.45) is 5.92 Å².